The number of methoxy groups -OCH3 is 1. The Kier molecular flexibility index (Phi) is 4.66. The lowest BCUT2D eigenvalue weighted by Gasteiger charge is -2.11. The van der Waals surface area contributed by atoms with E-state index in [0.717, 1.165) is 0 Å². The normalized spacial score (nSPS) is 11.3. The van der Waals surface area contributed by atoms with E-state index in [4.69, 9.17) is 22.1 Å². The second kappa shape index (κ2) is 6.30. The van der Waals surface area contributed by atoms with Gasteiger partial charge in [-0.15, -0.1) is 0 Å². The number of sulfonamides is 1. The van der Waals surface area contributed by atoms with Crippen LogP contribution in [0.5, 0.6) is 5.88 Å². The molecule has 0 amide bonds. The fourth-order valence-corrected chi connectivity index (χ4v) is 3.42. The number of ether oxygens (including phenoxy) is 1. The SMILES string of the molecule is COc1cc(CNS(=O)(=O)c2c(N)cccc2Cl)ccn1. The fourth-order valence-electron chi connectivity index (χ4n) is 1.73. The van der Waals surface area contributed by atoms with Gasteiger partial charge in [0, 0.05) is 18.8 Å². The molecule has 0 atom stereocenters. The van der Waals surface area contributed by atoms with E-state index in [-0.39, 0.29) is 22.2 Å². The van der Waals surface area contributed by atoms with Crippen LogP contribution in [0.3, 0.4) is 0 Å². The third kappa shape index (κ3) is 3.63. The highest BCUT2D eigenvalue weighted by Crippen LogP contribution is 2.27. The lowest BCUT2D eigenvalue weighted by atomic mass is 10.3. The van der Waals surface area contributed by atoms with Crippen molar-refractivity contribution in [2.75, 3.05) is 12.8 Å². The lowest BCUT2D eigenvalue weighted by Crippen LogP contribution is -2.24. The van der Waals surface area contributed by atoms with Crippen LogP contribution in [0.15, 0.2) is 41.4 Å². The van der Waals surface area contributed by atoms with Crippen molar-refractivity contribution in [3.05, 3.63) is 47.1 Å². The molecule has 0 saturated carbocycles. The summed E-state index contributed by atoms with van der Waals surface area (Å²) in [6, 6.07) is 7.86. The molecule has 1 heterocycles. The van der Waals surface area contributed by atoms with Crippen molar-refractivity contribution in [3.63, 3.8) is 0 Å². The number of rotatable bonds is 5. The highest BCUT2D eigenvalue weighted by molar-refractivity contribution is 7.89. The zero-order valence-electron chi connectivity index (χ0n) is 11.2. The first-order chi connectivity index (χ1) is 9.94. The van der Waals surface area contributed by atoms with Gasteiger partial charge in [-0.05, 0) is 23.8 Å². The smallest absolute Gasteiger partial charge is 0.244 e. The molecular formula is C13H14ClN3O3S. The number of benzene rings is 1. The molecule has 0 aliphatic heterocycles. The predicted molar refractivity (Wildman–Crippen MR) is 80.7 cm³/mol. The average molecular weight is 328 g/mol. The molecule has 0 aliphatic carbocycles. The number of halogens is 1. The highest BCUT2D eigenvalue weighted by atomic mass is 35.5. The zero-order valence-corrected chi connectivity index (χ0v) is 12.8. The molecule has 112 valence electrons. The predicted octanol–water partition coefficient (Wildman–Crippen LogP) is 1.80. The molecule has 1 aromatic heterocycles. The number of hydrogen-bond acceptors (Lipinski definition) is 5. The van der Waals surface area contributed by atoms with Crippen molar-refractivity contribution in [1.82, 2.24) is 9.71 Å². The van der Waals surface area contributed by atoms with Crippen molar-refractivity contribution < 1.29 is 13.2 Å². The van der Waals surface area contributed by atoms with Crippen LogP contribution in [0.1, 0.15) is 5.56 Å². The second-order valence-electron chi connectivity index (χ2n) is 4.19. The van der Waals surface area contributed by atoms with Gasteiger partial charge in [0.25, 0.3) is 0 Å². The maximum Gasteiger partial charge on any atom is 0.244 e. The van der Waals surface area contributed by atoms with Gasteiger partial charge in [0.05, 0.1) is 17.8 Å². The van der Waals surface area contributed by atoms with E-state index in [1.165, 1.54) is 25.4 Å². The fraction of sp³-hybridized carbons (Fsp3) is 0.154. The molecule has 0 bridgehead atoms. The Morgan fingerprint density at radius 2 is 2.14 bits per heavy atom. The van der Waals surface area contributed by atoms with E-state index >= 15 is 0 Å². The molecule has 0 radical (unpaired) electrons. The highest BCUT2D eigenvalue weighted by Gasteiger charge is 2.20. The molecule has 8 heteroatoms. The molecule has 6 nitrogen and oxygen atoms in total. The number of aromatic nitrogens is 1. The Morgan fingerprint density at radius 3 is 2.81 bits per heavy atom. The van der Waals surface area contributed by atoms with Gasteiger partial charge in [0.1, 0.15) is 4.90 Å². The van der Waals surface area contributed by atoms with Gasteiger partial charge in [-0.3, -0.25) is 0 Å². The lowest BCUT2D eigenvalue weighted by molar-refractivity contribution is 0.397. The first kappa shape index (κ1) is 15.6. The summed E-state index contributed by atoms with van der Waals surface area (Å²) in [6.45, 7) is 0.0753. The first-order valence-corrected chi connectivity index (χ1v) is 7.83. The van der Waals surface area contributed by atoms with Crippen molar-refractivity contribution in [2.24, 2.45) is 0 Å². The molecule has 0 aliphatic rings. The number of hydrogen-bond donors (Lipinski definition) is 2. The summed E-state index contributed by atoms with van der Waals surface area (Å²) in [4.78, 5) is 3.83. The van der Waals surface area contributed by atoms with Gasteiger partial charge in [-0.2, -0.15) is 0 Å². The van der Waals surface area contributed by atoms with Crippen molar-refractivity contribution >= 4 is 27.3 Å². The summed E-state index contributed by atoms with van der Waals surface area (Å²) in [6.07, 6.45) is 1.53. The molecule has 2 aromatic rings. The Labute approximate surface area is 128 Å². The Hall–Kier alpha value is -1.83. The third-order valence-corrected chi connectivity index (χ3v) is 4.69. The minimum atomic E-state index is -3.81. The number of nitrogen functional groups attached to an aromatic ring is 1. The molecule has 3 N–H and O–H groups in total. The van der Waals surface area contributed by atoms with Crippen LogP contribution in [0.4, 0.5) is 5.69 Å². The van der Waals surface area contributed by atoms with Crippen molar-refractivity contribution in [1.29, 1.82) is 0 Å². The largest absolute Gasteiger partial charge is 0.481 e. The summed E-state index contributed by atoms with van der Waals surface area (Å²) in [5, 5.41) is 0.0785. The maximum atomic E-state index is 12.3. The van der Waals surface area contributed by atoms with E-state index in [0.29, 0.717) is 11.4 Å². The summed E-state index contributed by atoms with van der Waals surface area (Å²) in [5.41, 5.74) is 6.49. The second-order valence-corrected chi connectivity index (χ2v) is 6.30. The summed E-state index contributed by atoms with van der Waals surface area (Å²) >= 11 is 5.91. The van der Waals surface area contributed by atoms with E-state index in [1.54, 1.807) is 18.2 Å². The van der Waals surface area contributed by atoms with Crippen LogP contribution in [-0.2, 0) is 16.6 Å². The molecule has 1 aromatic carbocycles. The minimum absolute atomic E-state index is 0.0753. The Balaban J connectivity index is 2.22. The van der Waals surface area contributed by atoms with Crippen LogP contribution in [-0.4, -0.2) is 20.5 Å². The molecular weight excluding hydrogens is 314 g/mol. The monoisotopic (exact) mass is 327 g/mol. The van der Waals surface area contributed by atoms with Crippen LogP contribution < -0.4 is 15.2 Å². The van der Waals surface area contributed by atoms with Gasteiger partial charge in [-0.1, -0.05) is 17.7 Å². The maximum absolute atomic E-state index is 12.3. The standard InChI is InChI=1S/C13H14ClN3O3S/c1-20-12-7-9(5-6-16-12)8-17-21(18,19)13-10(14)3-2-4-11(13)15/h2-7,17H,8,15H2,1H3. The summed E-state index contributed by atoms with van der Waals surface area (Å²) in [7, 11) is -2.32. The molecule has 0 unspecified atom stereocenters. The molecule has 21 heavy (non-hydrogen) atoms. The van der Waals surface area contributed by atoms with Crippen LogP contribution in [0.25, 0.3) is 0 Å². The van der Waals surface area contributed by atoms with Crippen LogP contribution in [0, 0.1) is 0 Å². The average Bonchev–Trinajstić information content (AvgIpc) is 2.45. The topological polar surface area (TPSA) is 94.3 Å². The number of nitrogens with two attached hydrogens (primary N) is 1. The van der Waals surface area contributed by atoms with E-state index < -0.39 is 10.0 Å². The van der Waals surface area contributed by atoms with Gasteiger partial charge < -0.3 is 10.5 Å². The number of anilines is 1. The molecule has 0 fully saturated rings. The van der Waals surface area contributed by atoms with Gasteiger partial charge in [-0.25, -0.2) is 18.1 Å². The van der Waals surface area contributed by atoms with Crippen LogP contribution >= 0.6 is 11.6 Å². The zero-order chi connectivity index (χ0) is 15.5. The number of nitrogens with zero attached hydrogens (tertiary/aromatic N) is 1. The molecule has 2 rings (SSSR count). The first-order valence-electron chi connectivity index (χ1n) is 5.96. The molecule has 0 saturated heterocycles. The summed E-state index contributed by atoms with van der Waals surface area (Å²) < 4.78 is 32.0. The Morgan fingerprint density at radius 1 is 1.38 bits per heavy atom. The third-order valence-electron chi connectivity index (χ3n) is 2.74. The number of pyridine rings is 1. The van der Waals surface area contributed by atoms with Crippen molar-refractivity contribution in [3.8, 4) is 5.88 Å². The number of nitrogens with one attached hydrogen (secondary N) is 1. The summed E-state index contributed by atoms with van der Waals surface area (Å²) in [5.74, 6) is 0.406. The molecule has 0 spiro atoms. The van der Waals surface area contributed by atoms with E-state index in [2.05, 4.69) is 9.71 Å². The van der Waals surface area contributed by atoms with Gasteiger partial charge in [0.2, 0.25) is 15.9 Å². The minimum Gasteiger partial charge on any atom is -0.481 e. The van der Waals surface area contributed by atoms with Gasteiger partial charge >= 0.3 is 0 Å². The van der Waals surface area contributed by atoms with Crippen LogP contribution in [0.2, 0.25) is 5.02 Å². The van der Waals surface area contributed by atoms with Gasteiger partial charge in [0.15, 0.2) is 0 Å². The van der Waals surface area contributed by atoms with E-state index in [1.807, 2.05) is 0 Å². The van der Waals surface area contributed by atoms with Crippen molar-refractivity contribution in [2.45, 2.75) is 11.4 Å². The van der Waals surface area contributed by atoms with E-state index in [9.17, 15) is 8.42 Å². The Bertz CT molecular complexity index is 730. The quantitative estimate of drug-likeness (QED) is 0.817.